The standard InChI is InChI=1S/C19H21F3N2O3S/c1-3-14(2)23-18(25)13-24(28(26,27)17-10-5-4-6-11-17)16-9-7-8-15(12-16)19(20,21)22/h4-12,14H,3,13H2,1-2H3,(H,23,25)/t14-/m0/s1. The number of carbonyl (C=O) groups is 1. The van der Waals surface area contributed by atoms with Crippen LogP contribution in [0.15, 0.2) is 59.5 Å². The number of carbonyl (C=O) groups excluding carboxylic acids is 1. The molecule has 2 aromatic rings. The fourth-order valence-corrected chi connectivity index (χ4v) is 3.86. The number of nitrogens with zero attached hydrogens (tertiary/aromatic N) is 1. The van der Waals surface area contributed by atoms with Crippen molar-refractivity contribution in [3.63, 3.8) is 0 Å². The Balaban J connectivity index is 2.50. The maximum atomic E-state index is 13.1. The summed E-state index contributed by atoms with van der Waals surface area (Å²) in [5.74, 6) is -0.605. The van der Waals surface area contributed by atoms with Crippen molar-refractivity contribution in [3.8, 4) is 0 Å². The normalized spacial score (nSPS) is 13.0. The van der Waals surface area contributed by atoms with Gasteiger partial charge in [-0.3, -0.25) is 9.10 Å². The third-order valence-electron chi connectivity index (χ3n) is 4.10. The maximum Gasteiger partial charge on any atom is 0.416 e. The molecule has 28 heavy (non-hydrogen) atoms. The van der Waals surface area contributed by atoms with Gasteiger partial charge in [-0.1, -0.05) is 31.2 Å². The second-order valence-corrected chi connectivity index (χ2v) is 8.11. The molecule has 0 spiro atoms. The number of rotatable bonds is 7. The molecule has 2 aromatic carbocycles. The van der Waals surface area contributed by atoms with Gasteiger partial charge in [0.15, 0.2) is 0 Å². The minimum absolute atomic E-state index is 0.122. The van der Waals surface area contributed by atoms with Gasteiger partial charge in [0.05, 0.1) is 16.1 Å². The molecule has 0 aliphatic heterocycles. The van der Waals surface area contributed by atoms with Crippen molar-refractivity contribution in [1.29, 1.82) is 0 Å². The van der Waals surface area contributed by atoms with Crippen molar-refractivity contribution in [2.24, 2.45) is 0 Å². The van der Waals surface area contributed by atoms with Gasteiger partial charge in [0, 0.05) is 6.04 Å². The molecule has 1 atom stereocenters. The van der Waals surface area contributed by atoms with Crippen LogP contribution in [0.3, 0.4) is 0 Å². The molecule has 0 saturated heterocycles. The van der Waals surface area contributed by atoms with Crippen molar-refractivity contribution in [2.45, 2.75) is 37.4 Å². The number of nitrogens with one attached hydrogen (secondary N) is 1. The van der Waals surface area contributed by atoms with Crippen molar-refractivity contribution >= 4 is 21.6 Å². The third-order valence-corrected chi connectivity index (χ3v) is 5.89. The number of anilines is 1. The van der Waals surface area contributed by atoms with Gasteiger partial charge in [-0.25, -0.2) is 8.42 Å². The molecular weight excluding hydrogens is 393 g/mol. The molecule has 0 aliphatic rings. The molecule has 0 aromatic heterocycles. The summed E-state index contributed by atoms with van der Waals surface area (Å²) in [4.78, 5) is 12.2. The highest BCUT2D eigenvalue weighted by Crippen LogP contribution is 2.33. The van der Waals surface area contributed by atoms with E-state index >= 15 is 0 Å². The van der Waals surface area contributed by atoms with Crippen LogP contribution in [0.4, 0.5) is 18.9 Å². The van der Waals surface area contributed by atoms with Crippen LogP contribution in [0.5, 0.6) is 0 Å². The number of hydrogen-bond donors (Lipinski definition) is 1. The molecule has 1 amide bonds. The summed E-state index contributed by atoms with van der Waals surface area (Å²) >= 11 is 0. The van der Waals surface area contributed by atoms with Gasteiger partial charge in [-0.2, -0.15) is 13.2 Å². The first kappa shape index (κ1) is 21.7. The van der Waals surface area contributed by atoms with E-state index in [2.05, 4.69) is 5.32 Å². The van der Waals surface area contributed by atoms with Gasteiger partial charge < -0.3 is 5.32 Å². The van der Waals surface area contributed by atoms with Gasteiger partial charge in [0.25, 0.3) is 10.0 Å². The van der Waals surface area contributed by atoms with Crippen molar-refractivity contribution < 1.29 is 26.4 Å². The van der Waals surface area contributed by atoms with E-state index < -0.39 is 34.2 Å². The summed E-state index contributed by atoms with van der Waals surface area (Å²) in [6, 6.07) is 11.0. The summed E-state index contributed by atoms with van der Waals surface area (Å²) < 4.78 is 66.0. The zero-order valence-corrected chi connectivity index (χ0v) is 16.2. The molecule has 0 saturated carbocycles. The SMILES string of the molecule is CC[C@H](C)NC(=O)CN(c1cccc(C(F)(F)F)c1)S(=O)(=O)c1ccccc1. The molecule has 1 N–H and O–H groups in total. The van der Waals surface area contributed by atoms with Crippen molar-refractivity contribution in [3.05, 3.63) is 60.2 Å². The van der Waals surface area contributed by atoms with Gasteiger partial charge in [-0.05, 0) is 43.7 Å². The first-order valence-electron chi connectivity index (χ1n) is 8.60. The summed E-state index contributed by atoms with van der Waals surface area (Å²) in [6.45, 7) is 2.96. The Labute approximate surface area is 162 Å². The van der Waals surface area contributed by atoms with E-state index in [-0.39, 0.29) is 16.6 Å². The number of halogens is 3. The minimum Gasteiger partial charge on any atom is -0.352 e. The van der Waals surface area contributed by atoms with Crippen molar-refractivity contribution in [2.75, 3.05) is 10.8 Å². The number of hydrogen-bond acceptors (Lipinski definition) is 3. The van der Waals surface area contributed by atoms with Gasteiger partial charge >= 0.3 is 6.18 Å². The Morgan fingerprint density at radius 3 is 2.32 bits per heavy atom. The average molecular weight is 414 g/mol. The molecule has 0 fully saturated rings. The molecule has 152 valence electrons. The Morgan fingerprint density at radius 2 is 1.75 bits per heavy atom. The topological polar surface area (TPSA) is 66.5 Å². The number of amides is 1. The molecule has 0 aliphatic carbocycles. The van der Waals surface area contributed by atoms with E-state index in [1.165, 1.54) is 30.3 Å². The van der Waals surface area contributed by atoms with E-state index in [1.54, 1.807) is 13.0 Å². The lowest BCUT2D eigenvalue weighted by atomic mass is 10.2. The molecule has 0 unspecified atom stereocenters. The van der Waals surface area contributed by atoms with Gasteiger partial charge in [0.2, 0.25) is 5.91 Å². The van der Waals surface area contributed by atoms with E-state index in [4.69, 9.17) is 0 Å². The van der Waals surface area contributed by atoms with E-state index in [9.17, 15) is 26.4 Å². The Kier molecular flexibility index (Phi) is 6.71. The molecule has 0 radical (unpaired) electrons. The fraction of sp³-hybridized carbons (Fsp3) is 0.316. The molecule has 2 rings (SSSR count). The molecule has 9 heteroatoms. The van der Waals surface area contributed by atoms with E-state index in [0.29, 0.717) is 10.7 Å². The summed E-state index contributed by atoms with van der Waals surface area (Å²) in [7, 11) is -4.25. The Hall–Kier alpha value is -2.55. The smallest absolute Gasteiger partial charge is 0.352 e. The number of sulfonamides is 1. The highest BCUT2D eigenvalue weighted by Gasteiger charge is 2.33. The van der Waals surface area contributed by atoms with Crippen LogP contribution in [0.25, 0.3) is 0 Å². The molecule has 5 nitrogen and oxygen atoms in total. The van der Waals surface area contributed by atoms with Crippen LogP contribution in [0.2, 0.25) is 0 Å². The highest BCUT2D eigenvalue weighted by molar-refractivity contribution is 7.92. The van der Waals surface area contributed by atoms with Gasteiger partial charge in [-0.15, -0.1) is 0 Å². The van der Waals surface area contributed by atoms with E-state index in [0.717, 1.165) is 18.2 Å². The third kappa shape index (κ3) is 5.25. The lowest BCUT2D eigenvalue weighted by Crippen LogP contribution is -2.43. The number of alkyl halides is 3. The fourth-order valence-electron chi connectivity index (χ4n) is 2.43. The lowest BCUT2D eigenvalue weighted by molar-refractivity contribution is -0.137. The maximum absolute atomic E-state index is 13.1. The molecular formula is C19H21F3N2O3S. The largest absolute Gasteiger partial charge is 0.416 e. The minimum atomic E-state index is -4.64. The summed E-state index contributed by atoms with van der Waals surface area (Å²) in [5, 5.41) is 2.63. The summed E-state index contributed by atoms with van der Waals surface area (Å²) in [5.41, 5.74) is -1.24. The number of benzene rings is 2. The zero-order chi connectivity index (χ0) is 20.9. The lowest BCUT2D eigenvalue weighted by Gasteiger charge is -2.25. The second kappa shape index (κ2) is 8.64. The molecule has 0 heterocycles. The van der Waals surface area contributed by atoms with Gasteiger partial charge in [0.1, 0.15) is 6.54 Å². The van der Waals surface area contributed by atoms with Crippen molar-refractivity contribution in [1.82, 2.24) is 5.32 Å². The monoisotopic (exact) mass is 414 g/mol. The predicted octanol–water partition coefficient (Wildman–Crippen LogP) is 3.82. The van der Waals surface area contributed by atoms with Crippen LogP contribution < -0.4 is 9.62 Å². The van der Waals surface area contributed by atoms with Crippen LogP contribution in [-0.4, -0.2) is 26.9 Å². The van der Waals surface area contributed by atoms with Crippen LogP contribution in [0, 0.1) is 0 Å². The second-order valence-electron chi connectivity index (χ2n) is 6.25. The highest BCUT2D eigenvalue weighted by atomic mass is 32.2. The first-order valence-corrected chi connectivity index (χ1v) is 10.0. The average Bonchev–Trinajstić information content (AvgIpc) is 2.66. The van der Waals surface area contributed by atoms with Crippen LogP contribution in [-0.2, 0) is 21.0 Å². The van der Waals surface area contributed by atoms with E-state index in [1.807, 2.05) is 6.92 Å². The summed E-state index contributed by atoms with van der Waals surface area (Å²) in [6.07, 6.45) is -4.02. The zero-order valence-electron chi connectivity index (χ0n) is 15.4. The predicted molar refractivity (Wildman–Crippen MR) is 100 cm³/mol. The molecule has 0 bridgehead atoms. The van der Waals surface area contributed by atoms with Crippen LogP contribution >= 0.6 is 0 Å². The first-order chi connectivity index (χ1) is 13.1. The van der Waals surface area contributed by atoms with Crippen LogP contribution in [0.1, 0.15) is 25.8 Å². The Bertz CT molecular complexity index is 916. The quantitative estimate of drug-likeness (QED) is 0.749. The Morgan fingerprint density at radius 1 is 1.11 bits per heavy atom.